The third kappa shape index (κ3) is 2.31. The molecule has 3 heteroatoms. The van der Waals surface area contributed by atoms with Gasteiger partial charge in [-0.1, -0.05) is 30.3 Å². The van der Waals surface area contributed by atoms with Gasteiger partial charge < -0.3 is 9.67 Å². The number of benzene rings is 1. The van der Waals surface area contributed by atoms with E-state index in [1.54, 1.807) is 0 Å². The highest BCUT2D eigenvalue weighted by atomic mass is 16.4. The van der Waals surface area contributed by atoms with Crippen LogP contribution in [0.15, 0.2) is 54.9 Å². The van der Waals surface area contributed by atoms with Gasteiger partial charge >= 0.3 is 5.97 Å². The Morgan fingerprint density at radius 2 is 1.75 bits per heavy atom. The van der Waals surface area contributed by atoms with Crippen molar-refractivity contribution in [3.8, 4) is 0 Å². The summed E-state index contributed by atoms with van der Waals surface area (Å²) < 4.78 is 1.88. The second-order valence-corrected chi connectivity index (χ2v) is 3.68. The highest BCUT2D eigenvalue weighted by Gasteiger charge is 2.19. The van der Waals surface area contributed by atoms with Crippen molar-refractivity contribution in [2.24, 2.45) is 0 Å². The van der Waals surface area contributed by atoms with Crippen LogP contribution in [0.4, 0.5) is 0 Å². The zero-order valence-electron chi connectivity index (χ0n) is 8.78. The van der Waals surface area contributed by atoms with Crippen LogP contribution in [0, 0.1) is 0 Å². The first-order valence-corrected chi connectivity index (χ1v) is 5.16. The summed E-state index contributed by atoms with van der Waals surface area (Å²) in [6.07, 6.45) is 3.75. The normalized spacial score (nSPS) is 12.2. The lowest BCUT2D eigenvalue weighted by Crippen LogP contribution is -2.17. The number of carboxylic acid groups (broad SMARTS) is 1. The van der Waals surface area contributed by atoms with E-state index in [1.807, 2.05) is 59.4 Å². The van der Waals surface area contributed by atoms with Crippen LogP contribution in [0.25, 0.3) is 0 Å². The van der Waals surface area contributed by atoms with Crippen LogP contribution in [0.3, 0.4) is 0 Å². The van der Waals surface area contributed by atoms with Crippen molar-refractivity contribution in [2.45, 2.75) is 12.5 Å². The maximum Gasteiger partial charge on any atom is 0.312 e. The number of aromatic nitrogens is 1. The summed E-state index contributed by atoms with van der Waals surface area (Å²) >= 11 is 0. The van der Waals surface area contributed by atoms with Gasteiger partial charge in [-0.15, -0.1) is 0 Å². The molecule has 2 aromatic rings. The zero-order valence-corrected chi connectivity index (χ0v) is 8.78. The lowest BCUT2D eigenvalue weighted by atomic mass is 9.99. The molecule has 1 unspecified atom stereocenters. The summed E-state index contributed by atoms with van der Waals surface area (Å²) in [5.41, 5.74) is 0.837. The van der Waals surface area contributed by atoms with E-state index < -0.39 is 11.9 Å². The molecule has 0 fully saturated rings. The lowest BCUT2D eigenvalue weighted by molar-refractivity contribution is -0.139. The van der Waals surface area contributed by atoms with Crippen molar-refractivity contribution < 1.29 is 9.90 Å². The Kier molecular flexibility index (Phi) is 3.05. The molecular formula is C13H13NO2. The van der Waals surface area contributed by atoms with E-state index in [2.05, 4.69) is 0 Å². The quantitative estimate of drug-likeness (QED) is 0.850. The van der Waals surface area contributed by atoms with Gasteiger partial charge in [0.2, 0.25) is 0 Å². The van der Waals surface area contributed by atoms with Gasteiger partial charge in [0.25, 0.3) is 0 Å². The molecule has 0 aliphatic heterocycles. The van der Waals surface area contributed by atoms with E-state index in [9.17, 15) is 9.90 Å². The van der Waals surface area contributed by atoms with Crippen LogP contribution < -0.4 is 0 Å². The highest BCUT2D eigenvalue weighted by Crippen LogP contribution is 2.18. The summed E-state index contributed by atoms with van der Waals surface area (Å²) in [5, 5.41) is 9.21. The predicted molar refractivity (Wildman–Crippen MR) is 61.3 cm³/mol. The first-order valence-electron chi connectivity index (χ1n) is 5.16. The van der Waals surface area contributed by atoms with E-state index in [-0.39, 0.29) is 0 Å². The van der Waals surface area contributed by atoms with Gasteiger partial charge in [-0.25, -0.2) is 0 Å². The molecule has 3 nitrogen and oxygen atoms in total. The smallest absolute Gasteiger partial charge is 0.312 e. The molecule has 0 bridgehead atoms. The molecule has 1 aromatic heterocycles. The highest BCUT2D eigenvalue weighted by molar-refractivity contribution is 5.75. The van der Waals surface area contributed by atoms with Crippen LogP contribution in [-0.4, -0.2) is 15.6 Å². The summed E-state index contributed by atoms with van der Waals surface area (Å²) in [7, 11) is 0. The Morgan fingerprint density at radius 1 is 1.12 bits per heavy atom. The fourth-order valence-corrected chi connectivity index (χ4v) is 1.71. The van der Waals surface area contributed by atoms with Crippen molar-refractivity contribution in [3.05, 3.63) is 60.4 Å². The van der Waals surface area contributed by atoms with E-state index in [0.29, 0.717) is 6.54 Å². The molecule has 1 aromatic carbocycles. The molecule has 0 aliphatic rings. The maximum absolute atomic E-state index is 11.2. The number of rotatable bonds is 4. The summed E-state index contributed by atoms with van der Waals surface area (Å²) in [5.74, 6) is -1.28. The molecule has 0 aliphatic carbocycles. The monoisotopic (exact) mass is 215 g/mol. The summed E-state index contributed by atoms with van der Waals surface area (Å²) in [6, 6.07) is 13.1. The van der Waals surface area contributed by atoms with Gasteiger partial charge in [0.15, 0.2) is 0 Å². The van der Waals surface area contributed by atoms with Gasteiger partial charge in [0.05, 0.1) is 5.92 Å². The minimum atomic E-state index is -0.792. The predicted octanol–water partition coefficient (Wildman–Crippen LogP) is 2.36. The third-order valence-electron chi connectivity index (χ3n) is 2.56. The standard InChI is InChI=1S/C13H13NO2/c15-13(16)12(10-14-8-4-5-9-14)11-6-2-1-3-7-11/h1-9,12H,10H2,(H,15,16). The minimum absolute atomic E-state index is 0.465. The summed E-state index contributed by atoms with van der Waals surface area (Å²) in [6.45, 7) is 0.465. The number of carboxylic acids is 1. The van der Waals surface area contributed by atoms with Gasteiger partial charge in [-0.3, -0.25) is 4.79 Å². The Hall–Kier alpha value is -2.03. The van der Waals surface area contributed by atoms with Crippen LogP contribution in [0.2, 0.25) is 0 Å². The Bertz CT molecular complexity index is 448. The third-order valence-corrected chi connectivity index (χ3v) is 2.56. The number of aliphatic carboxylic acids is 1. The second-order valence-electron chi connectivity index (χ2n) is 3.68. The van der Waals surface area contributed by atoms with E-state index >= 15 is 0 Å². The largest absolute Gasteiger partial charge is 0.481 e. The van der Waals surface area contributed by atoms with Gasteiger partial charge in [0.1, 0.15) is 0 Å². The fourth-order valence-electron chi connectivity index (χ4n) is 1.71. The molecule has 82 valence electrons. The summed E-state index contributed by atoms with van der Waals surface area (Å²) in [4.78, 5) is 11.2. The number of nitrogens with zero attached hydrogens (tertiary/aromatic N) is 1. The molecule has 2 rings (SSSR count). The Labute approximate surface area is 94.0 Å². The van der Waals surface area contributed by atoms with E-state index in [4.69, 9.17) is 0 Å². The molecule has 0 spiro atoms. The molecule has 1 N–H and O–H groups in total. The first-order chi connectivity index (χ1) is 7.77. The average molecular weight is 215 g/mol. The van der Waals surface area contributed by atoms with Crippen molar-refractivity contribution in [1.82, 2.24) is 4.57 Å². The zero-order chi connectivity index (χ0) is 11.4. The molecule has 0 radical (unpaired) electrons. The Balaban J connectivity index is 2.22. The molecule has 16 heavy (non-hydrogen) atoms. The number of hydrogen-bond donors (Lipinski definition) is 1. The van der Waals surface area contributed by atoms with Gasteiger partial charge in [-0.2, -0.15) is 0 Å². The van der Waals surface area contributed by atoms with E-state index in [0.717, 1.165) is 5.56 Å². The van der Waals surface area contributed by atoms with Crippen LogP contribution in [-0.2, 0) is 11.3 Å². The fraction of sp³-hybridized carbons (Fsp3) is 0.154. The average Bonchev–Trinajstić information content (AvgIpc) is 2.79. The van der Waals surface area contributed by atoms with Crippen molar-refractivity contribution in [1.29, 1.82) is 0 Å². The first kappa shape index (κ1) is 10.5. The number of carbonyl (C=O) groups is 1. The molecule has 0 amide bonds. The number of hydrogen-bond acceptors (Lipinski definition) is 1. The molecular weight excluding hydrogens is 202 g/mol. The van der Waals surface area contributed by atoms with Gasteiger partial charge in [-0.05, 0) is 17.7 Å². The molecule has 0 saturated carbocycles. The second kappa shape index (κ2) is 4.66. The maximum atomic E-state index is 11.2. The topological polar surface area (TPSA) is 42.2 Å². The van der Waals surface area contributed by atoms with Crippen LogP contribution in [0.5, 0.6) is 0 Å². The van der Waals surface area contributed by atoms with Gasteiger partial charge in [0, 0.05) is 18.9 Å². The lowest BCUT2D eigenvalue weighted by Gasteiger charge is -2.13. The van der Waals surface area contributed by atoms with E-state index in [1.165, 1.54) is 0 Å². The van der Waals surface area contributed by atoms with Crippen molar-refractivity contribution >= 4 is 5.97 Å². The Morgan fingerprint density at radius 3 is 2.31 bits per heavy atom. The van der Waals surface area contributed by atoms with Crippen molar-refractivity contribution in [2.75, 3.05) is 0 Å². The minimum Gasteiger partial charge on any atom is -0.481 e. The molecule has 1 atom stereocenters. The van der Waals surface area contributed by atoms with Crippen LogP contribution in [0.1, 0.15) is 11.5 Å². The van der Waals surface area contributed by atoms with Crippen LogP contribution >= 0.6 is 0 Å². The molecule has 0 saturated heterocycles. The SMILES string of the molecule is O=C(O)C(Cn1cccc1)c1ccccc1. The van der Waals surface area contributed by atoms with Crippen molar-refractivity contribution in [3.63, 3.8) is 0 Å². The molecule has 1 heterocycles.